The van der Waals surface area contributed by atoms with Crippen molar-refractivity contribution >= 4 is 27.0 Å². The summed E-state index contributed by atoms with van der Waals surface area (Å²) in [4.78, 5) is 4.12. The Morgan fingerprint density at radius 1 is 1.04 bits per heavy atom. The fraction of sp³-hybridized carbons (Fsp3) is 0.167. The molecule has 0 spiro atoms. The predicted octanol–water partition coefficient (Wildman–Crippen LogP) is 2.99. The molecule has 0 unspecified atom stereocenters. The number of rotatable bonds is 4. The average Bonchev–Trinajstić information content (AvgIpc) is 3.18. The van der Waals surface area contributed by atoms with E-state index in [2.05, 4.69) is 15.2 Å². The molecule has 0 aromatic carbocycles. The largest absolute Gasteiger partial charge is 0.275 e. The normalized spacial score (nSPS) is 12.0. The molecule has 4 aromatic rings. The first-order valence-electron chi connectivity index (χ1n) is 8.09. The van der Waals surface area contributed by atoms with Gasteiger partial charge in [-0.2, -0.15) is 10.2 Å². The highest BCUT2D eigenvalue weighted by Gasteiger charge is 2.13. The summed E-state index contributed by atoms with van der Waals surface area (Å²) in [6.45, 7) is 0. The van der Waals surface area contributed by atoms with E-state index in [1.54, 1.807) is 33.7 Å². The second-order valence-electron chi connectivity index (χ2n) is 6.45. The van der Waals surface area contributed by atoms with Crippen molar-refractivity contribution in [2.45, 2.75) is 5.75 Å². The molecular weight excluding hydrogens is 386 g/mol. The summed E-state index contributed by atoms with van der Waals surface area (Å²) in [5.41, 5.74) is 4.92. The maximum Gasteiger partial charge on any atom is 0.153 e. The Labute approximate surface area is 161 Å². The van der Waals surface area contributed by atoms with Crippen LogP contribution < -0.4 is 0 Å². The van der Waals surface area contributed by atoms with E-state index in [0.717, 1.165) is 27.8 Å². The Balaban J connectivity index is 1.78. The second kappa shape index (κ2) is 6.47. The number of nitrogens with zero attached hydrogens (tertiary/aromatic N) is 5. The summed E-state index contributed by atoms with van der Waals surface area (Å²) in [6.07, 6.45) is 8.57. The Morgan fingerprint density at radius 2 is 1.85 bits per heavy atom. The zero-order valence-electron chi connectivity index (χ0n) is 14.7. The fourth-order valence-corrected chi connectivity index (χ4v) is 3.91. The molecule has 0 saturated carbocycles. The quantitative estimate of drug-likeness (QED) is 0.491. The van der Waals surface area contributed by atoms with Crippen LogP contribution in [0.15, 0.2) is 49.1 Å². The number of aryl methyl sites for hydroxylation is 1. The Morgan fingerprint density at radius 3 is 2.56 bits per heavy atom. The van der Waals surface area contributed by atoms with Gasteiger partial charge in [-0.05, 0) is 23.8 Å². The minimum absolute atomic E-state index is 0.162. The molecular formula is C18H16ClN5O2S. The predicted molar refractivity (Wildman–Crippen MR) is 104 cm³/mol. The van der Waals surface area contributed by atoms with E-state index in [9.17, 15) is 8.42 Å². The van der Waals surface area contributed by atoms with Gasteiger partial charge in [0.25, 0.3) is 0 Å². The molecule has 0 bridgehead atoms. The zero-order valence-corrected chi connectivity index (χ0v) is 16.2. The van der Waals surface area contributed by atoms with Crippen molar-refractivity contribution in [2.24, 2.45) is 7.05 Å². The molecule has 9 heteroatoms. The Bertz CT molecular complexity index is 1260. The fourth-order valence-electron chi connectivity index (χ4n) is 3.00. The third kappa shape index (κ3) is 3.72. The van der Waals surface area contributed by atoms with Gasteiger partial charge < -0.3 is 0 Å². The molecule has 0 aliphatic carbocycles. The van der Waals surface area contributed by atoms with Gasteiger partial charge in [0, 0.05) is 42.4 Å². The summed E-state index contributed by atoms with van der Waals surface area (Å²) in [5.74, 6) is -0.162. The minimum Gasteiger partial charge on any atom is -0.275 e. The molecule has 0 amide bonds. The van der Waals surface area contributed by atoms with Gasteiger partial charge in [0.05, 0.1) is 29.4 Å². The summed E-state index contributed by atoms with van der Waals surface area (Å²) in [6, 6.07) is 7.41. The number of aromatic nitrogens is 5. The highest BCUT2D eigenvalue weighted by Crippen LogP contribution is 2.29. The Kier molecular flexibility index (Phi) is 4.24. The molecule has 138 valence electrons. The molecule has 0 aliphatic heterocycles. The maximum absolute atomic E-state index is 11.6. The molecule has 0 N–H and O–H groups in total. The molecule has 0 saturated heterocycles. The van der Waals surface area contributed by atoms with Gasteiger partial charge in [-0.25, -0.2) is 17.9 Å². The number of sulfone groups is 1. The highest BCUT2D eigenvalue weighted by atomic mass is 35.5. The van der Waals surface area contributed by atoms with Crippen LogP contribution in [0.4, 0.5) is 0 Å². The van der Waals surface area contributed by atoms with E-state index >= 15 is 0 Å². The third-order valence-electron chi connectivity index (χ3n) is 4.12. The molecule has 0 aliphatic rings. The van der Waals surface area contributed by atoms with Crippen LogP contribution in [0, 0.1) is 0 Å². The van der Waals surface area contributed by atoms with Gasteiger partial charge >= 0.3 is 0 Å². The van der Waals surface area contributed by atoms with Gasteiger partial charge in [0.15, 0.2) is 9.84 Å². The first-order chi connectivity index (χ1) is 12.8. The van der Waals surface area contributed by atoms with E-state index < -0.39 is 9.84 Å². The standard InChI is InChI=1S/C18H16ClN5O2S/c1-23-9-14(7-20-23)12-3-4-17-16(8-21-24(17)10-12)13-5-15(11-27(2,25)26)22-18(19)6-13/h3-10H,11H2,1-2H3. The molecule has 4 rings (SSSR count). The van der Waals surface area contributed by atoms with Crippen LogP contribution in [-0.2, 0) is 22.6 Å². The van der Waals surface area contributed by atoms with Crippen molar-refractivity contribution in [1.82, 2.24) is 24.4 Å². The second-order valence-corrected chi connectivity index (χ2v) is 8.98. The summed E-state index contributed by atoms with van der Waals surface area (Å²) in [7, 11) is -1.34. The summed E-state index contributed by atoms with van der Waals surface area (Å²) < 4.78 is 26.7. The number of halogens is 1. The molecule has 0 atom stereocenters. The maximum atomic E-state index is 11.6. The number of hydrogen-bond acceptors (Lipinski definition) is 5. The van der Waals surface area contributed by atoms with Gasteiger partial charge in [0.2, 0.25) is 0 Å². The first kappa shape index (κ1) is 17.7. The lowest BCUT2D eigenvalue weighted by atomic mass is 10.1. The first-order valence-corrected chi connectivity index (χ1v) is 10.5. The lowest BCUT2D eigenvalue weighted by molar-refractivity contribution is 0.600. The van der Waals surface area contributed by atoms with E-state index in [1.807, 2.05) is 31.6 Å². The number of hydrogen-bond donors (Lipinski definition) is 0. The summed E-state index contributed by atoms with van der Waals surface area (Å²) >= 11 is 6.11. The van der Waals surface area contributed by atoms with Gasteiger partial charge in [0.1, 0.15) is 5.15 Å². The van der Waals surface area contributed by atoms with E-state index in [1.165, 1.54) is 6.26 Å². The monoisotopic (exact) mass is 401 g/mol. The van der Waals surface area contributed by atoms with Crippen LogP contribution >= 0.6 is 11.6 Å². The molecule has 27 heavy (non-hydrogen) atoms. The van der Waals surface area contributed by atoms with Crippen molar-refractivity contribution in [3.8, 4) is 22.3 Å². The molecule has 4 aromatic heterocycles. The van der Waals surface area contributed by atoms with E-state index in [4.69, 9.17) is 11.6 Å². The van der Waals surface area contributed by atoms with Crippen LogP contribution in [0.25, 0.3) is 27.8 Å². The summed E-state index contributed by atoms with van der Waals surface area (Å²) in [5, 5.41) is 8.87. The Hall–Kier alpha value is -2.71. The highest BCUT2D eigenvalue weighted by molar-refractivity contribution is 7.89. The number of fused-ring (bicyclic) bond motifs is 1. The average molecular weight is 402 g/mol. The van der Waals surface area contributed by atoms with Gasteiger partial charge in [-0.3, -0.25) is 4.68 Å². The van der Waals surface area contributed by atoms with E-state index in [0.29, 0.717) is 5.69 Å². The van der Waals surface area contributed by atoms with Gasteiger partial charge in [-0.15, -0.1) is 0 Å². The molecule has 7 nitrogen and oxygen atoms in total. The van der Waals surface area contributed by atoms with Crippen LogP contribution in [-0.4, -0.2) is 39.1 Å². The van der Waals surface area contributed by atoms with Crippen LogP contribution in [0.3, 0.4) is 0 Å². The SMILES string of the molecule is Cn1cc(-c2ccc3c(-c4cc(Cl)nc(CS(C)(=O)=O)c4)cnn3c2)cn1. The zero-order chi connectivity index (χ0) is 19.2. The minimum atomic E-state index is -3.21. The topological polar surface area (TPSA) is 82.1 Å². The van der Waals surface area contributed by atoms with Crippen molar-refractivity contribution in [3.05, 3.63) is 59.9 Å². The molecule has 0 fully saturated rings. The van der Waals surface area contributed by atoms with Crippen molar-refractivity contribution in [1.29, 1.82) is 0 Å². The van der Waals surface area contributed by atoms with Gasteiger partial charge in [-0.1, -0.05) is 17.7 Å². The third-order valence-corrected chi connectivity index (χ3v) is 5.14. The lowest BCUT2D eigenvalue weighted by Gasteiger charge is -2.05. The lowest BCUT2D eigenvalue weighted by Crippen LogP contribution is -2.03. The van der Waals surface area contributed by atoms with Crippen LogP contribution in [0.5, 0.6) is 0 Å². The van der Waals surface area contributed by atoms with Crippen molar-refractivity contribution < 1.29 is 8.42 Å². The molecule has 0 radical (unpaired) electrons. The van der Waals surface area contributed by atoms with Crippen LogP contribution in [0.1, 0.15) is 5.69 Å². The smallest absolute Gasteiger partial charge is 0.153 e. The molecule has 4 heterocycles. The van der Waals surface area contributed by atoms with Crippen molar-refractivity contribution in [2.75, 3.05) is 6.26 Å². The van der Waals surface area contributed by atoms with Crippen LogP contribution in [0.2, 0.25) is 5.15 Å². The van der Waals surface area contributed by atoms with Crippen molar-refractivity contribution in [3.63, 3.8) is 0 Å². The van der Waals surface area contributed by atoms with E-state index in [-0.39, 0.29) is 10.9 Å². The number of pyridine rings is 2.